The predicted octanol–water partition coefficient (Wildman–Crippen LogP) is 0.511. The SMILES string of the molecule is CC(=O)CC(=O)CC(C)=O.[Ni]. The molecule has 0 aromatic rings. The van der Waals surface area contributed by atoms with Crippen LogP contribution in [0.1, 0.15) is 26.7 Å². The summed E-state index contributed by atoms with van der Waals surface area (Å²) in [5.41, 5.74) is 0. The molecule has 0 spiro atoms. The Morgan fingerprint density at radius 2 is 1.18 bits per heavy atom. The molecular weight excluding hydrogens is 191 g/mol. The summed E-state index contributed by atoms with van der Waals surface area (Å²) in [5, 5.41) is 0. The normalized spacial score (nSPS) is 8.18. The number of hydrogen-bond donors (Lipinski definition) is 0. The van der Waals surface area contributed by atoms with E-state index in [1.165, 1.54) is 13.8 Å². The first-order chi connectivity index (χ1) is 4.52. The van der Waals surface area contributed by atoms with E-state index >= 15 is 0 Å². The number of carbonyl (C=O) groups excluding carboxylic acids is 3. The third-order valence-corrected chi connectivity index (χ3v) is 0.892. The van der Waals surface area contributed by atoms with Crippen LogP contribution >= 0.6 is 0 Å². The minimum absolute atomic E-state index is 0. The van der Waals surface area contributed by atoms with Crippen molar-refractivity contribution in [2.75, 3.05) is 0 Å². The van der Waals surface area contributed by atoms with Crippen LogP contribution < -0.4 is 0 Å². The molecule has 4 heteroatoms. The first-order valence-electron chi connectivity index (χ1n) is 3.03. The molecule has 0 saturated heterocycles. The van der Waals surface area contributed by atoms with Gasteiger partial charge in [-0.15, -0.1) is 0 Å². The number of ketones is 3. The Labute approximate surface area is 75.5 Å². The Morgan fingerprint density at radius 3 is 1.36 bits per heavy atom. The second-order valence-electron chi connectivity index (χ2n) is 2.30. The van der Waals surface area contributed by atoms with Gasteiger partial charge in [0, 0.05) is 16.5 Å². The number of rotatable bonds is 4. The average molecular weight is 201 g/mol. The van der Waals surface area contributed by atoms with Gasteiger partial charge in [-0.1, -0.05) is 0 Å². The van der Waals surface area contributed by atoms with Gasteiger partial charge in [-0.2, -0.15) is 0 Å². The van der Waals surface area contributed by atoms with Gasteiger partial charge in [-0.05, 0) is 13.8 Å². The Hall–Kier alpha value is -0.496. The molecule has 0 unspecified atom stereocenters. The van der Waals surface area contributed by atoms with E-state index in [9.17, 15) is 14.4 Å². The Balaban J connectivity index is 0. The van der Waals surface area contributed by atoms with E-state index in [0.29, 0.717) is 0 Å². The second-order valence-corrected chi connectivity index (χ2v) is 2.30. The molecule has 3 nitrogen and oxygen atoms in total. The predicted molar refractivity (Wildman–Crippen MR) is 35.6 cm³/mol. The van der Waals surface area contributed by atoms with Crippen molar-refractivity contribution in [3.8, 4) is 0 Å². The van der Waals surface area contributed by atoms with Crippen LogP contribution in [0.2, 0.25) is 0 Å². The molecular formula is C7H10NiO3. The molecule has 0 rings (SSSR count). The molecule has 0 bridgehead atoms. The first kappa shape index (κ1) is 13.1. The quantitative estimate of drug-likeness (QED) is 0.491. The van der Waals surface area contributed by atoms with Gasteiger partial charge in [0.05, 0.1) is 12.8 Å². The van der Waals surface area contributed by atoms with E-state index in [2.05, 4.69) is 0 Å². The minimum atomic E-state index is -0.292. The molecule has 0 atom stereocenters. The molecule has 0 amide bonds. The fraction of sp³-hybridized carbons (Fsp3) is 0.571. The van der Waals surface area contributed by atoms with Crippen molar-refractivity contribution in [1.82, 2.24) is 0 Å². The third-order valence-electron chi connectivity index (χ3n) is 0.892. The van der Waals surface area contributed by atoms with Crippen LogP contribution in [-0.4, -0.2) is 17.3 Å². The van der Waals surface area contributed by atoms with Crippen molar-refractivity contribution in [1.29, 1.82) is 0 Å². The average Bonchev–Trinajstić information content (AvgIpc) is 1.58. The number of carbonyl (C=O) groups is 3. The van der Waals surface area contributed by atoms with Crippen molar-refractivity contribution in [3.63, 3.8) is 0 Å². The summed E-state index contributed by atoms with van der Waals surface area (Å²) < 4.78 is 0. The maximum Gasteiger partial charge on any atom is 0.147 e. The fourth-order valence-electron chi connectivity index (χ4n) is 0.618. The molecule has 0 N–H and O–H groups in total. The van der Waals surface area contributed by atoms with Crippen molar-refractivity contribution in [2.24, 2.45) is 0 Å². The fourth-order valence-corrected chi connectivity index (χ4v) is 0.618. The Kier molecular flexibility index (Phi) is 7.43. The van der Waals surface area contributed by atoms with Gasteiger partial charge in [0.1, 0.15) is 17.3 Å². The summed E-state index contributed by atoms with van der Waals surface area (Å²) in [5.74, 6) is -0.669. The van der Waals surface area contributed by atoms with E-state index in [-0.39, 0.29) is 46.7 Å². The van der Waals surface area contributed by atoms with E-state index in [0.717, 1.165) is 0 Å². The summed E-state index contributed by atoms with van der Waals surface area (Å²) >= 11 is 0. The number of Topliss-reactive ketones (excluding diaryl/α,β-unsaturated/α-hetero) is 3. The summed E-state index contributed by atoms with van der Waals surface area (Å²) in [7, 11) is 0. The molecule has 11 heavy (non-hydrogen) atoms. The molecule has 0 aromatic carbocycles. The summed E-state index contributed by atoms with van der Waals surface area (Å²) in [6.45, 7) is 2.66. The van der Waals surface area contributed by atoms with Gasteiger partial charge in [-0.25, -0.2) is 0 Å². The maximum atomic E-state index is 10.6. The van der Waals surface area contributed by atoms with Crippen LogP contribution in [0, 0.1) is 0 Å². The van der Waals surface area contributed by atoms with Crippen LogP contribution in [0.5, 0.6) is 0 Å². The topological polar surface area (TPSA) is 51.2 Å². The summed E-state index contributed by atoms with van der Waals surface area (Å²) in [6, 6.07) is 0. The largest absolute Gasteiger partial charge is 0.300 e. The standard InChI is InChI=1S/C7H10O3.Ni/c1-5(8)3-7(10)4-6(2)9;/h3-4H2,1-2H3;. The van der Waals surface area contributed by atoms with Gasteiger partial charge in [0.25, 0.3) is 0 Å². The van der Waals surface area contributed by atoms with Gasteiger partial charge in [-0.3, -0.25) is 14.4 Å². The maximum absolute atomic E-state index is 10.6. The Morgan fingerprint density at radius 1 is 0.909 bits per heavy atom. The molecule has 0 aliphatic heterocycles. The van der Waals surface area contributed by atoms with Crippen LogP contribution in [0.4, 0.5) is 0 Å². The second kappa shape index (κ2) is 6.23. The Bertz CT molecular complexity index is 157. The van der Waals surface area contributed by atoms with E-state index in [1.54, 1.807) is 0 Å². The van der Waals surface area contributed by atoms with Crippen molar-refractivity contribution < 1.29 is 30.9 Å². The third kappa shape index (κ3) is 9.50. The molecule has 0 aliphatic carbocycles. The van der Waals surface area contributed by atoms with Crippen LogP contribution in [0.25, 0.3) is 0 Å². The molecule has 66 valence electrons. The molecule has 0 aliphatic rings. The van der Waals surface area contributed by atoms with E-state index in [1.807, 2.05) is 0 Å². The zero-order chi connectivity index (χ0) is 8.15. The molecule has 0 saturated carbocycles. The van der Waals surface area contributed by atoms with Crippen LogP contribution in [-0.2, 0) is 30.9 Å². The smallest absolute Gasteiger partial charge is 0.147 e. The minimum Gasteiger partial charge on any atom is -0.300 e. The van der Waals surface area contributed by atoms with Crippen molar-refractivity contribution in [3.05, 3.63) is 0 Å². The molecule has 0 heterocycles. The van der Waals surface area contributed by atoms with Gasteiger partial charge < -0.3 is 0 Å². The van der Waals surface area contributed by atoms with E-state index < -0.39 is 0 Å². The zero-order valence-electron chi connectivity index (χ0n) is 6.46. The first-order valence-corrected chi connectivity index (χ1v) is 3.03. The monoisotopic (exact) mass is 200 g/mol. The summed E-state index contributed by atoms with van der Waals surface area (Å²) in [6.07, 6.45) is -0.223. The molecule has 0 aromatic heterocycles. The van der Waals surface area contributed by atoms with Crippen LogP contribution in [0.15, 0.2) is 0 Å². The van der Waals surface area contributed by atoms with Gasteiger partial charge in [0.15, 0.2) is 0 Å². The van der Waals surface area contributed by atoms with Crippen molar-refractivity contribution in [2.45, 2.75) is 26.7 Å². The molecule has 0 radical (unpaired) electrons. The molecule has 0 fully saturated rings. The van der Waals surface area contributed by atoms with E-state index in [4.69, 9.17) is 0 Å². The van der Waals surface area contributed by atoms with Crippen molar-refractivity contribution >= 4 is 17.3 Å². The zero-order valence-corrected chi connectivity index (χ0v) is 7.44. The van der Waals surface area contributed by atoms with Crippen LogP contribution in [0.3, 0.4) is 0 Å². The van der Waals surface area contributed by atoms with Gasteiger partial charge >= 0.3 is 0 Å². The van der Waals surface area contributed by atoms with Gasteiger partial charge in [0.2, 0.25) is 0 Å². The number of hydrogen-bond acceptors (Lipinski definition) is 3. The summed E-state index contributed by atoms with van der Waals surface area (Å²) in [4.78, 5) is 31.2.